The van der Waals surface area contributed by atoms with Gasteiger partial charge in [-0.1, -0.05) is 18.5 Å². The van der Waals surface area contributed by atoms with Crippen molar-refractivity contribution in [2.45, 2.75) is 19.5 Å². The SMILES string of the molecule is CCCOc1ncc(C(F)(F)F)c(N(C)c2ccc(Cl)cc2)n1. The van der Waals surface area contributed by atoms with Gasteiger partial charge in [-0.25, -0.2) is 4.98 Å². The Morgan fingerprint density at radius 2 is 1.87 bits per heavy atom. The van der Waals surface area contributed by atoms with Crippen LogP contribution >= 0.6 is 11.6 Å². The van der Waals surface area contributed by atoms with Gasteiger partial charge >= 0.3 is 12.2 Å². The third-order valence-electron chi connectivity index (χ3n) is 3.02. The number of hydrogen-bond donors (Lipinski definition) is 0. The Kier molecular flexibility index (Phi) is 5.30. The van der Waals surface area contributed by atoms with Crippen LogP contribution in [0.15, 0.2) is 30.5 Å². The largest absolute Gasteiger partial charge is 0.463 e. The molecular weight excluding hydrogens is 331 g/mol. The van der Waals surface area contributed by atoms with Gasteiger partial charge in [-0.2, -0.15) is 18.2 Å². The molecule has 0 atom stereocenters. The van der Waals surface area contributed by atoms with Crippen LogP contribution in [-0.4, -0.2) is 23.6 Å². The molecule has 2 aromatic rings. The summed E-state index contributed by atoms with van der Waals surface area (Å²) in [5, 5.41) is 0.493. The second-order valence-electron chi connectivity index (χ2n) is 4.77. The summed E-state index contributed by atoms with van der Waals surface area (Å²) < 4.78 is 44.8. The van der Waals surface area contributed by atoms with E-state index in [0.29, 0.717) is 23.7 Å². The monoisotopic (exact) mass is 345 g/mol. The van der Waals surface area contributed by atoms with Crippen LogP contribution in [0.3, 0.4) is 0 Å². The van der Waals surface area contributed by atoms with Gasteiger partial charge in [0.1, 0.15) is 5.56 Å². The van der Waals surface area contributed by atoms with Crippen LogP contribution < -0.4 is 9.64 Å². The Bertz CT molecular complexity index is 662. The summed E-state index contributed by atoms with van der Waals surface area (Å²) in [6, 6.07) is 6.32. The Hall–Kier alpha value is -2.02. The second kappa shape index (κ2) is 7.04. The molecule has 8 heteroatoms. The zero-order chi connectivity index (χ0) is 17.0. The van der Waals surface area contributed by atoms with Crippen LogP contribution in [0.25, 0.3) is 0 Å². The van der Waals surface area contributed by atoms with Crippen molar-refractivity contribution in [2.75, 3.05) is 18.6 Å². The molecular formula is C15H15ClF3N3O. The molecule has 0 bridgehead atoms. The van der Waals surface area contributed by atoms with Crippen LogP contribution in [0.5, 0.6) is 6.01 Å². The van der Waals surface area contributed by atoms with E-state index in [0.717, 1.165) is 6.20 Å². The highest BCUT2D eigenvalue weighted by atomic mass is 35.5. The Morgan fingerprint density at radius 1 is 1.22 bits per heavy atom. The molecule has 0 unspecified atom stereocenters. The zero-order valence-electron chi connectivity index (χ0n) is 12.6. The van der Waals surface area contributed by atoms with E-state index in [1.165, 1.54) is 11.9 Å². The number of hydrogen-bond acceptors (Lipinski definition) is 4. The molecule has 4 nitrogen and oxygen atoms in total. The first-order valence-electron chi connectivity index (χ1n) is 6.89. The lowest BCUT2D eigenvalue weighted by Gasteiger charge is -2.22. The number of anilines is 2. The van der Waals surface area contributed by atoms with Gasteiger partial charge in [-0.15, -0.1) is 0 Å². The molecule has 0 radical (unpaired) electrons. The van der Waals surface area contributed by atoms with Crippen molar-refractivity contribution in [2.24, 2.45) is 0 Å². The fraction of sp³-hybridized carbons (Fsp3) is 0.333. The van der Waals surface area contributed by atoms with Crippen LogP contribution in [0.1, 0.15) is 18.9 Å². The van der Waals surface area contributed by atoms with Gasteiger partial charge in [0.15, 0.2) is 5.82 Å². The van der Waals surface area contributed by atoms with E-state index in [1.54, 1.807) is 24.3 Å². The highest BCUT2D eigenvalue weighted by Gasteiger charge is 2.36. The van der Waals surface area contributed by atoms with E-state index in [-0.39, 0.29) is 11.8 Å². The molecule has 0 aliphatic heterocycles. The van der Waals surface area contributed by atoms with Crippen molar-refractivity contribution in [3.63, 3.8) is 0 Å². The summed E-state index contributed by atoms with van der Waals surface area (Å²) in [6.07, 6.45) is -3.13. The summed E-state index contributed by atoms with van der Waals surface area (Å²) in [5.74, 6) is -0.277. The van der Waals surface area contributed by atoms with E-state index in [2.05, 4.69) is 9.97 Å². The zero-order valence-corrected chi connectivity index (χ0v) is 13.3. The molecule has 23 heavy (non-hydrogen) atoms. The maximum Gasteiger partial charge on any atom is 0.421 e. The normalized spacial score (nSPS) is 11.4. The summed E-state index contributed by atoms with van der Waals surface area (Å²) in [7, 11) is 1.49. The molecule has 2 rings (SSSR count). The minimum Gasteiger partial charge on any atom is -0.463 e. The molecule has 0 fully saturated rings. The molecule has 0 saturated heterocycles. The van der Waals surface area contributed by atoms with Gasteiger partial charge in [-0.05, 0) is 30.7 Å². The van der Waals surface area contributed by atoms with Crippen LogP contribution in [0.2, 0.25) is 5.02 Å². The van der Waals surface area contributed by atoms with Gasteiger partial charge in [-0.3, -0.25) is 0 Å². The molecule has 0 N–H and O–H groups in total. The number of ether oxygens (including phenoxy) is 1. The minimum atomic E-state index is -4.57. The molecule has 0 amide bonds. The lowest BCUT2D eigenvalue weighted by molar-refractivity contribution is -0.137. The van der Waals surface area contributed by atoms with Crippen LogP contribution in [0.4, 0.5) is 24.7 Å². The molecule has 1 heterocycles. The first-order chi connectivity index (χ1) is 10.8. The fourth-order valence-corrected chi connectivity index (χ4v) is 1.99. The molecule has 0 saturated carbocycles. The minimum absolute atomic E-state index is 0.0873. The first-order valence-corrected chi connectivity index (χ1v) is 7.27. The summed E-state index contributed by atoms with van der Waals surface area (Å²) in [4.78, 5) is 8.87. The molecule has 1 aromatic carbocycles. The highest BCUT2D eigenvalue weighted by molar-refractivity contribution is 6.30. The Balaban J connectivity index is 2.45. The number of rotatable bonds is 5. The molecule has 1 aromatic heterocycles. The number of halogens is 4. The average molecular weight is 346 g/mol. The van der Waals surface area contributed by atoms with Gasteiger partial charge in [0.25, 0.3) is 0 Å². The molecule has 0 aliphatic carbocycles. The quantitative estimate of drug-likeness (QED) is 0.787. The predicted octanol–water partition coefficient (Wildman–Crippen LogP) is 4.71. The fourth-order valence-electron chi connectivity index (χ4n) is 1.86. The molecule has 0 aliphatic rings. The van der Waals surface area contributed by atoms with E-state index in [1.807, 2.05) is 6.92 Å². The van der Waals surface area contributed by atoms with Crippen molar-refractivity contribution < 1.29 is 17.9 Å². The predicted molar refractivity (Wildman–Crippen MR) is 82.3 cm³/mol. The van der Waals surface area contributed by atoms with Crippen LogP contribution in [0, 0.1) is 0 Å². The third-order valence-corrected chi connectivity index (χ3v) is 3.27. The average Bonchev–Trinajstić information content (AvgIpc) is 2.51. The van der Waals surface area contributed by atoms with Crippen molar-refractivity contribution in [1.29, 1.82) is 0 Å². The summed E-state index contributed by atoms with van der Waals surface area (Å²) in [6.45, 7) is 2.21. The van der Waals surface area contributed by atoms with Gasteiger partial charge in [0, 0.05) is 24.0 Å². The van der Waals surface area contributed by atoms with E-state index < -0.39 is 11.7 Å². The van der Waals surface area contributed by atoms with Crippen molar-refractivity contribution in [1.82, 2.24) is 9.97 Å². The summed E-state index contributed by atoms with van der Waals surface area (Å²) in [5.41, 5.74) is -0.418. The highest BCUT2D eigenvalue weighted by Crippen LogP contribution is 2.37. The number of nitrogens with zero attached hydrogens (tertiary/aromatic N) is 3. The topological polar surface area (TPSA) is 38.2 Å². The Morgan fingerprint density at radius 3 is 2.43 bits per heavy atom. The number of alkyl halides is 3. The van der Waals surface area contributed by atoms with Gasteiger partial charge < -0.3 is 9.64 Å². The number of aromatic nitrogens is 2. The maximum absolute atomic E-state index is 13.2. The first kappa shape index (κ1) is 17.3. The maximum atomic E-state index is 13.2. The lowest BCUT2D eigenvalue weighted by Crippen LogP contribution is -2.19. The number of benzene rings is 1. The van der Waals surface area contributed by atoms with Gasteiger partial charge in [0.05, 0.1) is 6.61 Å². The lowest BCUT2D eigenvalue weighted by atomic mass is 10.2. The third kappa shape index (κ3) is 4.25. The summed E-state index contributed by atoms with van der Waals surface area (Å²) >= 11 is 5.80. The van der Waals surface area contributed by atoms with Crippen molar-refractivity contribution >= 4 is 23.1 Å². The molecule has 0 spiro atoms. The van der Waals surface area contributed by atoms with Gasteiger partial charge in [0.2, 0.25) is 0 Å². The van der Waals surface area contributed by atoms with E-state index in [4.69, 9.17) is 16.3 Å². The Labute approximate surface area is 136 Å². The second-order valence-corrected chi connectivity index (χ2v) is 5.21. The van der Waals surface area contributed by atoms with Crippen molar-refractivity contribution in [3.05, 3.63) is 41.0 Å². The standard InChI is InChI=1S/C15H15ClF3N3O/c1-3-8-23-14-20-9-12(15(17,18)19)13(21-14)22(2)11-6-4-10(16)5-7-11/h4-7,9H,3,8H2,1-2H3. The van der Waals surface area contributed by atoms with Crippen LogP contribution in [-0.2, 0) is 6.18 Å². The molecule has 124 valence electrons. The smallest absolute Gasteiger partial charge is 0.421 e. The van der Waals surface area contributed by atoms with E-state index >= 15 is 0 Å². The van der Waals surface area contributed by atoms with Crippen molar-refractivity contribution in [3.8, 4) is 6.01 Å². The van der Waals surface area contributed by atoms with E-state index in [9.17, 15) is 13.2 Å².